The summed E-state index contributed by atoms with van der Waals surface area (Å²) in [5.41, 5.74) is 1.11. The number of hydrogen-bond donors (Lipinski definition) is 1. The van der Waals surface area contributed by atoms with E-state index in [4.69, 9.17) is 11.6 Å². The molecule has 23 heavy (non-hydrogen) atoms. The Morgan fingerprint density at radius 1 is 1.43 bits per heavy atom. The van der Waals surface area contributed by atoms with Crippen LogP contribution in [0.3, 0.4) is 0 Å². The summed E-state index contributed by atoms with van der Waals surface area (Å²) in [6.45, 7) is 3.56. The van der Waals surface area contributed by atoms with Crippen molar-refractivity contribution in [3.8, 4) is 0 Å². The number of nitrogens with one attached hydrogen (secondary N) is 1. The van der Waals surface area contributed by atoms with Crippen molar-refractivity contribution in [2.75, 3.05) is 13.1 Å². The molecule has 0 spiro atoms. The minimum Gasteiger partial charge on any atom is -0.342 e. The largest absolute Gasteiger partial charge is 0.342 e. The van der Waals surface area contributed by atoms with Crippen molar-refractivity contribution in [1.29, 1.82) is 0 Å². The van der Waals surface area contributed by atoms with Crippen LogP contribution in [0.1, 0.15) is 37.1 Å². The van der Waals surface area contributed by atoms with E-state index in [0.717, 1.165) is 48.8 Å². The Kier molecular flexibility index (Phi) is 4.96. The number of H-pyrrole nitrogens is 1. The van der Waals surface area contributed by atoms with E-state index in [9.17, 15) is 4.79 Å². The molecule has 3 rings (SSSR count). The monoisotopic (exact) mass is 332 g/mol. The molecule has 1 fully saturated rings. The molecule has 1 aromatic heterocycles. The Morgan fingerprint density at radius 2 is 2.22 bits per heavy atom. The molecule has 1 saturated heterocycles. The molecule has 0 radical (unpaired) electrons. The van der Waals surface area contributed by atoms with E-state index in [-0.39, 0.29) is 11.8 Å². The third kappa shape index (κ3) is 3.91. The van der Waals surface area contributed by atoms with Crippen molar-refractivity contribution >= 4 is 17.5 Å². The van der Waals surface area contributed by atoms with Gasteiger partial charge in [-0.05, 0) is 37.0 Å². The molecule has 0 bridgehead atoms. The highest BCUT2D eigenvalue weighted by Gasteiger charge is 2.27. The topological polar surface area (TPSA) is 61.9 Å². The summed E-state index contributed by atoms with van der Waals surface area (Å²) in [6.07, 6.45) is 4.14. The zero-order valence-electron chi connectivity index (χ0n) is 13.2. The molecule has 0 aliphatic carbocycles. The maximum Gasteiger partial charge on any atom is 0.225 e. The molecular formula is C17H21ClN4O. The van der Waals surface area contributed by atoms with Gasteiger partial charge in [-0.2, -0.15) is 5.10 Å². The van der Waals surface area contributed by atoms with Gasteiger partial charge in [0.15, 0.2) is 0 Å². The molecule has 6 heteroatoms. The second-order valence-corrected chi connectivity index (χ2v) is 6.64. The van der Waals surface area contributed by atoms with E-state index in [1.807, 2.05) is 36.1 Å². The van der Waals surface area contributed by atoms with E-state index in [1.54, 1.807) is 6.33 Å². The minimum absolute atomic E-state index is 0.0321. The van der Waals surface area contributed by atoms with E-state index in [1.165, 1.54) is 0 Å². The molecule has 2 heterocycles. The van der Waals surface area contributed by atoms with Crippen LogP contribution in [0.5, 0.6) is 0 Å². The predicted octanol–water partition coefficient (Wildman–Crippen LogP) is 3.04. The van der Waals surface area contributed by atoms with Gasteiger partial charge >= 0.3 is 0 Å². The predicted molar refractivity (Wildman–Crippen MR) is 89.3 cm³/mol. The number of carbonyl (C=O) groups excluding carboxylic acids is 1. The lowest BCUT2D eigenvalue weighted by molar-refractivity contribution is -0.136. The standard InChI is InChI=1S/C17H21ClN4O/c1-12(9-13-3-2-4-15(18)10-13)17(23)22-7-5-14(6-8-22)16-19-11-20-21-16/h2-4,10-12,14H,5-9H2,1H3,(H,19,20,21)/t12-/m1/s1. The van der Waals surface area contributed by atoms with Crippen LogP contribution in [0.15, 0.2) is 30.6 Å². The first-order chi connectivity index (χ1) is 11.1. The number of halogens is 1. The van der Waals surface area contributed by atoms with Gasteiger partial charge in [-0.15, -0.1) is 0 Å². The van der Waals surface area contributed by atoms with Gasteiger partial charge in [0, 0.05) is 29.9 Å². The van der Waals surface area contributed by atoms with E-state index in [0.29, 0.717) is 5.92 Å². The third-order valence-electron chi connectivity index (χ3n) is 4.48. The average molecular weight is 333 g/mol. The lowest BCUT2D eigenvalue weighted by Crippen LogP contribution is -2.41. The number of rotatable bonds is 4. The van der Waals surface area contributed by atoms with Crippen LogP contribution in [0, 0.1) is 5.92 Å². The summed E-state index contributed by atoms with van der Waals surface area (Å²) >= 11 is 6.01. The maximum atomic E-state index is 12.6. The van der Waals surface area contributed by atoms with Gasteiger partial charge in [0.25, 0.3) is 0 Å². The first-order valence-corrected chi connectivity index (χ1v) is 8.40. The van der Waals surface area contributed by atoms with Gasteiger partial charge in [-0.1, -0.05) is 30.7 Å². The molecule has 1 amide bonds. The van der Waals surface area contributed by atoms with Crippen molar-refractivity contribution in [2.45, 2.75) is 32.1 Å². The van der Waals surface area contributed by atoms with Crippen LogP contribution in [0.4, 0.5) is 0 Å². The third-order valence-corrected chi connectivity index (χ3v) is 4.71. The second kappa shape index (κ2) is 7.13. The number of nitrogens with zero attached hydrogens (tertiary/aromatic N) is 3. The fourth-order valence-corrected chi connectivity index (χ4v) is 3.41. The van der Waals surface area contributed by atoms with Gasteiger partial charge in [0.1, 0.15) is 12.2 Å². The molecule has 1 aliphatic rings. The highest BCUT2D eigenvalue weighted by Crippen LogP contribution is 2.26. The van der Waals surface area contributed by atoms with Gasteiger partial charge in [-0.25, -0.2) is 4.98 Å². The summed E-state index contributed by atoms with van der Waals surface area (Å²) in [7, 11) is 0. The van der Waals surface area contributed by atoms with E-state index < -0.39 is 0 Å². The van der Waals surface area contributed by atoms with Crippen LogP contribution >= 0.6 is 11.6 Å². The molecular weight excluding hydrogens is 312 g/mol. The highest BCUT2D eigenvalue weighted by atomic mass is 35.5. The average Bonchev–Trinajstić information content (AvgIpc) is 3.09. The molecule has 1 atom stereocenters. The molecule has 2 aromatic rings. The lowest BCUT2D eigenvalue weighted by Gasteiger charge is -2.32. The molecule has 1 N–H and O–H groups in total. The summed E-state index contributed by atoms with van der Waals surface area (Å²) in [6, 6.07) is 7.73. The number of aromatic nitrogens is 3. The van der Waals surface area contributed by atoms with Gasteiger partial charge in [0.05, 0.1) is 0 Å². The summed E-state index contributed by atoms with van der Waals surface area (Å²) in [4.78, 5) is 18.8. The van der Waals surface area contributed by atoms with Gasteiger partial charge in [0.2, 0.25) is 5.91 Å². The maximum absolute atomic E-state index is 12.6. The lowest BCUT2D eigenvalue weighted by atomic mass is 9.94. The smallest absolute Gasteiger partial charge is 0.225 e. The first kappa shape index (κ1) is 16.0. The van der Waals surface area contributed by atoms with Crippen molar-refractivity contribution in [3.05, 3.63) is 47.0 Å². The van der Waals surface area contributed by atoms with Crippen molar-refractivity contribution in [2.24, 2.45) is 5.92 Å². The Morgan fingerprint density at radius 3 is 2.87 bits per heavy atom. The normalized spacial score (nSPS) is 17.2. The van der Waals surface area contributed by atoms with E-state index in [2.05, 4.69) is 15.2 Å². The second-order valence-electron chi connectivity index (χ2n) is 6.21. The van der Waals surface area contributed by atoms with Crippen molar-refractivity contribution in [3.63, 3.8) is 0 Å². The summed E-state index contributed by atoms with van der Waals surface area (Å²) in [5, 5.41) is 7.56. The number of amides is 1. The summed E-state index contributed by atoms with van der Waals surface area (Å²) < 4.78 is 0. The molecule has 122 valence electrons. The zero-order chi connectivity index (χ0) is 16.2. The number of benzene rings is 1. The number of carbonyl (C=O) groups is 1. The van der Waals surface area contributed by atoms with Crippen LogP contribution in [-0.4, -0.2) is 39.1 Å². The van der Waals surface area contributed by atoms with Gasteiger partial charge in [-0.3, -0.25) is 9.89 Å². The van der Waals surface area contributed by atoms with E-state index >= 15 is 0 Å². The molecule has 1 aliphatic heterocycles. The molecule has 5 nitrogen and oxygen atoms in total. The Hall–Kier alpha value is -1.88. The Labute approximate surface area is 141 Å². The van der Waals surface area contributed by atoms with Crippen LogP contribution < -0.4 is 0 Å². The van der Waals surface area contributed by atoms with Crippen LogP contribution in [0.25, 0.3) is 0 Å². The van der Waals surface area contributed by atoms with Crippen molar-refractivity contribution < 1.29 is 4.79 Å². The minimum atomic E-state index is -0.0321. The zero-order valence-corrected chi connectivity index (χ0v) is 14.0. The van der Waals surface area contributed by atoms with Crippen LogP contribution in [-0.2, 0) is 11.2 Å². The fourth-order valence-electron chi connectivity index (χ4n) is 3.20. The number of hydrogen-bond acceptors (Lipinski definition) is 3. The highest BCUT2D eigenvalue weighted by molar-refractivity contribution is 6.30. The summed E-state index contributed by atoms with van der Waals surface area (Å²) in [5.74, 6) is 1.50. The number of aromatic amines is 1. The van der Waals surface area contributed by atoms with Crippen molar-refractivity contribution in [1.82, 2.24) is 20.1 Å². The SMILES string of the molecule is C[C@H](Cc1cccc(Cl)c1)C(=O)N1CCC(c2ncn[nH]2)CC1. The molecule has 0 saturated carbocycles. The molecule has 1 aromatic carbocycles. The van der Waals surface area contributed by atoms with Crippen LogP contribution in [0.2, 0.25) is 5.02 Å². The Bertz CT molecular complexity index is 650. The number of piperidine rings is 1. The Balaban J connectivity index is 1.54. The van der Waals surface area contributed by atoms with Gasteiger partial charge < -0.3 is 4.90 Å². The quantitative estimate of drug-likeness (QED) is 0.936. The number of likely N-dealkylation sites (tertiary alicyclic amines) is 1. The molecule has 0 unspecified atom stereocenters. The fraction of sp³-hybridized carbons (Fsp3) is 0.471. The first-order valence-electron chi connectivity index (χ1n) is 8.02.